The molecule has 1 saturated carbocycles. The summed E-state index contributed by atoms with van der Waals surface area (Å²) in [6, 6.07) is 2.96. The number of hydrogen-bond acceptors (Lipinski definition) is 4. The van der Waals surface area contributed by atoms with E-state index in [9.17, 15) is 23.2 Å². The van der Waals surface area contributed by atoms with Crippen LogP contribution in [0.5, 0.6) is 0 Å². The van der Waals surface area contributed by atoms with Gasteiger partial charge in [0, 0.05) is 38.3 Å². The van der Waals surface area contributed by atoms with Crippen LogP contribution in [-0.2, 0) is 14.4 Å². The Morgan fingerprint density at radius 2 is 1.77 bits per heavy atom. The molecule has 140 valence electrons. The first-order valence-corrected chi connectivity index (χ1v) is 8.49. The van der Waals surface area contributed by atoms with Gasteiger partial charge in [-0.25, -0.2) is 8.78 Å². The second-order valence-electron chi connectivity index (χ2n) is 6.49. The van der Waals surface area contributed by atoms with Gasteiger partial charge in [-0.3, -0.25) is 19.3 Å². The molecule has 3 rings (SSSR count). The monoisotopic (exact) mass is 366 g/mol. The van der Waals surface area contributed by atoms with Crippen LogP contribution in [0.3, 0.4) is 0 Å². The molecule has 1 aromatic carbocycles. The second-order valence-corrected chi connectivity index (χ2v) is 6.49. The topological polar surface area (TPSA) is 81.8 Å². The number of halogens is 2. The summed E-state index contributed by atoms with van der Waals surface area (Å²) in [6.45, 7) is 1.49. The zero-order chi connectivity index (χ0) is 18.7. The minimum absolute atomic E-state index is 0.00768. The van der Waals surface area contributed by atoms with Crippen molar-refractivity contribution >= 4 is 23.4 Å². The lowest BCUT2D eigenvalue weighted by Crippen LogP contribution is -2.53. The third kappa shape index (κ3) is 4.75. The molecule has 0 spiro atoms. The van der Waals surface area contributed by atoms with Crippen LogP contribution >= 0.6 is 0 Å². The highest BCUT2D eigenvalue weighted by molar-refractivity contribution is 6.35. The Balaban J connectivity index is 1.44. The van der Waals surface area contributed by atoms with E-state index in [1.807, 2.05) is 0 Å². The number of benzene rings is 1. The predicted molar refractivity (Wildman–Crippen MR) is 89.2 cm³/mol. The predicted octanol–water partition coefficient (Wildman–Crippen LogP) is 0.326. The van der Waals surface area contributed by atoms with Crippen LogP contribution in [0.25, 0.3) is 0 Å². The lowest BCUT2D eigenvalue weighted by molar-refractivity contribution is -0.147. The Labute approximate surface area is 149 Å². The zero-order valence-electron chi connectivity index (χ0n) is 14.1. The lowest BCUT2D eigenvalue weighted by Gasteiger charge is -2.33. The first kappa shape index (κ1) is 18.2. The molecule has 7 nitrogen and oxygen atoms in total. The third-order valence-electron chi connectivity index (χ3n) is 4.34. The Morgan fingerprint density at radius 1 is 1.08 bits per heavy atom. The highest BCUT2D eigenvalue weighted by Gasteiger charge is 2.31. The van der Waals surface area contributed by atoms with E-state index in [2.05, 4.69) is 10.6 Å². The lowest BCUT2D eigenvalue weighted by atomic mass is 10.2. The Bertz CT molecular complexity index is 716. The number of anilines is 1. The molecular formula is C17H20F2N4O3. The maximum atomic E-state index is 13.5. The van der Waals surface area contributed by atoms with Gasteiger partial charge in [0.25, 0.3) is 0 Å². The standard InChI is InChI=1S/C17H20F2N4O3/c18-11-1-4-13(19)14(9-11)21-15(24)10-22-5-7-23(8-6-22)17(26)16(25)20-12-2-3-12/h1,4,9,12H,2-3,5-8,10H2,(H,20,25)(H,21,24). The van der Waals surface area contributed by atoms with Gasteiger partial charge in [0.1, 0.15) is 11.6 Å². The summed E-state index contributed by atoms with van der Waals surface area (Å²) in [5.41, 5.74) is -0.208. The minimum atomic E-state index is -0.711. The molecule has 1 heterocycles. The van der Waals surface area contributed by atoms with Gasteiger partial charge in [-0.15, -0.1) is 0 Å². The molecule has 0 radical (unpaired) electrons. The van der Waals surface area contributed by atoms with Crippen molar-refractivity contribution in [3.05, 3.63) is 29.8 Å². The van der Waals surface area contributed by atoms with Crippen molar-refractivity contribution in [1.82, 2.24) is 15.1 Å². The summed E-state index contributed by atoms with van der Waals surface area (Å²) in [4.78, 5) is 39.1. The van der Waals surface area contributed by atoms with Crippen molar-refractivity contribution in [2.24, 2.45) is 0 Å². The molecule has 0 unspecified atom stereocenters. The van der Waals surface area contributed by atoms with Crippen molar-refractivity contribution in [2.45, 2.75) is 18.9 Å². The van der Waals surface area contributed by atoms with E-state index in [-0.39, 0.29) is 18.3 Å². The van der Waals surface area contributed by atoms with Crippen LogP contribution in [0.2, 0.25) is 0 Å². The molecule has 1 saturated heterocycles. The summed E-state index contributed by atoms with van der Waals surface area (Å²) < 4.78 is 26.7. The summed E-state index contributed by atoms with van der Waals surface area (Å²) in [5, 5.41) is 5.00. The van der Waals surface area contributed by atoms with Crippen molar-refractivity contribution in [1.29, 1.82) is 0 Å². The second kappa shape index (κ2) is 7.77. The molecule has 0 bridgehead atoms. The van der Waals surface area contributed by atoms with E-state index in [1.165, 1.54) is 4.90 Å². The fourth-order valence-electron chi connectivity index (χ4n) is 2.71. The smallest absolute Gasteiger partial charge is 0.311 e. The van der Waals surface area contributed by atoms with E-state index >= 15 is 0 Å². The molecule has 1 aliphatic heterocycles. The summed E-state index contributed by atoms with van der Waals surface area (Å²) in [6.07, 6.45) is 1.82. The first-order chi connectivity index (χ1) is 12.4. The maximum absolute atomic E-state index is 13.5. The number of hydrogen-bond donors (Lipinski definition) is 2. The fraction of sp³-hybridized carbons (Fsp3) is 0.471. The zero-order valence-corrected chi connectivity index (χ0v) is 14.1. The van der Waals surface area contributed by atoms with E-state index in [4.69, 9.17) is 0 Å². The van der Waals surface area contributed by atoms with Crippen LogP contribution in [0.1, 0.15) is 12.8 Å². The van der Waals surface area contributed by atoms with Crippen LogP contribution in [0.15, 0.2) is 18.2 Å². The number of nitrogens with one attached hydrogen (secondary N) is 2. The highest BCUT2D eigenvalue weighted by atomic mass is 19.1. The van der Waals surface area contributed by atoms with E-state index in [0.717, 1.165) is 31.0 Å². The van der Waals surface area contributed by atoms with E-state index < -0.39 is 29.4 Å². The Morgan fingerprint density at radius 3 is 2.42 bits per heavy atom. The van der Waals surface area contributed by atoms with E-state index in [1.54, 1.807) is 4.90 Å². The van der Waals surface area contributed by atoms with Crippen LogP contribution in [-0.4, -0.2) is 66.3 Å². The molecule has 26 heavy (non-hydrogen) atoms. The average Bonchev–Trinajstić information content (AvgIpc) is 3.42. The van der Waals surface area contributed by atoms with Crippen LogP contribution in [0, 0.1) is 11.6 Å². The molecule has 0 atom stereocenters. The first-order valence-electron chi connectivity index (χ1n) is 8.49. The Hall–Kier alpha value is -2.55. The largest absolute Gasteiger partial charge is 0.345 e. The third-order valence-corrected chi connectivity index (χ3v) is 4.34. The van der Waals surface area contributed by atoms with Gasteiger partial charge in [0.2, 0.25) is 5.91 Å². The Kier molecular flexibility index (Phi) is 5.46. The van der Waals surface area contributed by atoms with Gasteiger partial charge in [0.05, 0.1) is 12.2 Å². The summed E-state index contributed by atoms with van der Waals surface area (Å²) in [7, 11) is 0. The van der Waals surface area contributed by atoms with Crippen molar-refractivity contribution in [3.63, 3.8) is 0 Å². The van der Waals surface area contributed by atoms with Crippen LogP contribution < -0.4 is 10.6 Å². The summed E-state index contributed by atoms with van der Waals surface area (Å²) >= 11 is 0. The number of amides is 3. The van der Waals surface area contributed by atoms with Gasteiger partial charge < -0.3 is 15.5 Å². The number of nitrogens with zero attached hydrogens (tertiary/aromatic N) is 2. The molecule has 2 aliphatic rings. The average molecular weight is 366 g/mol. The molecule has 9 heteroatoms. The number of carbonyl (C=O) groups excluding carboxylic acids is 3. The van der Waals surface area contributed by atoms with Crippen molar-refractivity contribution < 1.29 is 23.2 Å². The molecular weight excluding hydrogens is 346 g/mol. The van der Waals surface area contributed by atoms with E-state index in [0.29, 0.717) is 26.2 Å². The molecule has 2 N–H and O–H groups in total. The quantitative estimate of drug-likeness (QED) is 0.753. The van der Waals surface area contributed by atoms with Gasteiger partial charge in [-0.2, -0.15) is 0 Å². The van der Waals surface area contributed by atoms with Crippen LogP contribution in [0.4, 0.5) is 14.5 Å². The summed E-state index contributed by atoms with van der Waals surface area (Å²) in [5.74, 6) is -2.96. The highest BCUT2D eigenvalue weighted by Crippen LogP contribution is 2.18. The van der Waals surface area contributed by atoms with Crippen molar-refractivity contribution in [2.75, 3.05) is 38.0 Å². The molecule has 1 aromatic rings. The minimum Gasteiger partial charge on any atom is -0.345 e. The molecule has 3 amide bonds. The van der Waals surface area contributed by atoms with Gasteiger partial charge in [-0.1, -0.05) is 0 Å². The maximum Gasteiger partial charge on any atom is 0.311 e. The van der Waals surface area contributed by atoms with Gasteiger partial charge >= 0.3 is 11.8 Å². The number of piperazine rings is 1. The number of carbonyl (C=O) groups is 3. The van der Waals surface area contributed by atoms with Crippen molar-refractivity contribution in [3.8, 4) is 0 Å². The molecule has 2 fully saturated rings. The van der Waals surface area contributed by atoms with Gasteiger partial charge in [0.15, 0.2) is 0 Å². The SMILES string of the molecule is O=C(CN1CCN(C(=O)C(=O)NC2CC2)CC1)Nc1cc(F)ccc1F. The molecule has 0 aromatic heterocycles. The van der Waals surface area contributed by atoms with Gasteiger partial charge in [-0.05, 0) is 25.0 Å². The normalized spacial score (nSPS) is 17.7. The number of rotatable bonds is 4. The molecule has 1 aliphatic carbocycles. The fourth-order valence-corrected chi connectivity index (χ4v) is 2.71.